The Bertz CT molecular complexity index is 742. The molecule has 0 spiro atoms. The number of aromatic hydroxyl groups is 2. The maximum atomic E-state index is 10.2. The molecule has 0 atom stereocenters. The van der Waals surface area contributed by atoms with Crippen LogP contribution < -0.4 is 10.9 Å². The van der Waals surface area contributed by atoms with E-state index in [0.29, 0.717) is 16.5 Å². The molecule has 0 fully saturated rings. The molecular formula is C16H14N2O2. The van der Waals surface area contributed by atoms with Gasteiger partial charge in [0.2, 0.25) is 0 Å². The van der Waals surface area contributed by atoms with Gasteiger partial charge < -0.3 is 15.6 Å². The largest absolute Gasteiger partial charge is 0.507 e. The highest BCUT2D eigenvalue weighted by atomic mass is 16.3. The molecule has 0 radical (unpaired) electrons. The summed E-state index contributed by atoms with van der Waals surface area (Å²) in [6.45, 7) is 0. The molecule has 0 aliphatic heterocycles. The highest BCUT2D eigenvalue weighted by molar-refractivity contribution is 5.97. The van der Waals surface area contributed by atoms with Crippen molar-refractivity contribution >= 4 is 22.1 Å². The Morgan fingerprint density at radius 2 is 1.35 bits per heavy atom. The van der Waals surface area contributed by atoms with Gasteiger partial charge in [-0.05, 0) is 12.1 Å². The third-order valence-corrected chi connectivity index (χ3v) is 3.11. The van der Waals surface area contributed by atoms with E-state index in [4.69, 9.17) is 0 Å². The van der Waals surface area contributed by atoms with Gasteiger partial charge in [0.15, 0.2) is 0 Å². The van der Waals surface area contributed by atoms with E-state index in [1.165, 1.54) is 6.07 Å². The van der Waals surface area contributed by atoms with Gasteiger partial charge in [-0.2, -0.15) is 0 Å². The molecule has 3 aromatic carbocycles. The van der Waals surface area contributed by atoms with E-state index >= 15 is 0 Å². The van der Waals surface area contributed by atoms with E-state index in [0.717, 1.165) is 5.69 Å². The fourth-order valence-corrected chi connectivity index (χ4v) is 2.10. The van der Waals surface area contributed by atoms with Crippen molar-refractivity contribution in [2.24, 2.45) is 0 Å². The number of hydrazine groups is 1. The van der Waals surface area contributed by atoms with Crippen molar-refractivity contribution in [2.45, 2.75) is 0 Å². The topological polar surface area (TPSA) is 64.5 Å². The number of benzene rings is 3. The molecule has 0 aliphatic carbocycles. The second-order valence-electron chi connectivity index (χ2n) is 4.45. The molecule has 0 saturated carbocycles. The van der Waals surface area contributed by atoms with Crippen LogP contribution in [0.5, 0.6) is 11.5 Å². The Hall–Kier alpha value is -2.88. The minimum atomic E-state index is 0.0989. The second-order valence-corrected chi connectivity index (χ2v) is 4.45. The van der Waals surface area contributed by atoms with Gasteiger partial charge in [-0.1, -0.05) is 42.5 Å². The van der Waals surface area contributed by atoms with Crippen molar-refractivity contribution in [3.63, 3.8) is 0 Å². The zero-order chi connectivity index (χ0) is 13.9. The van der Waals surface area contributed by atoms with Gasteiger partial charge in [0.1, 0.15) is 17.2 Å². The smallest absolute Gasteiger partial charge is 0.148 e. The first-order chi connectivity index (χ1) is 9.75. The van der Waals surface area contributed by atoms with Crippen LogP contribution in [0, 0.1) is 0 Å². The molecule has 0 amide bonds. The van der Waals surface area contributed by atoms with Crippen molar-refractivity contribution in [3.8, 4) is 11.5 Å². The lowest BCUT2D eigenvalue weighted by molar-refractivity contribution is 0.471. The van der Waals surface area contributed by atoms with Gasteiger partial charge in [-0.25, -0.2) is 0 Å². The Kier molecular flexibility index (Phi) is 3.05. The van der Waals surface area contributed by atoms with Crippen LogP contribution in [-0.2, 0) is 0 Å². The van der Waals surface area contributed by atoms with Crippen molar-refractivity contribution < 1.29 is 10.2 Å². The summed E-state index contributed by atoms with van der Waals surface area (Å²) in [4.78, 5) is 0. The van der Waals surface area contributed by atoms with Crippen molar-refractivity contribution in [1.82, 2.24) is 0 Å². The Morgan fingerprint density at radius 3 is 2.10 bits per heavy atom. The summed E-state index contributed by atoms with van der Waals surface area (Å²) >= 11 is 0. The Balaban J connectivity index is 1.94. The molecular weight excluding hydrogens is 252 g/mol. The van der Waals surface area contributed by atoms with Crippen LogP contribution in [0.15, 0.2) is 60.7 Å². The highest BCUT2D eigenvalue weighted by Gasteiger charge is 2.10. The van der Waals surface area contributed by atoms with Gasteiger partial charge >= 0.3 is 0 Å². The van der Waals surface area contributed by atoms with Crippen LogP contribution >= 0.6 is 0 Å². The van der Waals surface area contributed by atoms with Gasteiger partial charge in [0.05, 0.1) is 5.69 Å². The molecule has 0 bridgehead atoms. The maximum Gasteiger partial charge on any atom is 0.148 e. The summed E-state index contributed by atoms with van der Waals surface area (Å²) in [5, 5.41) is 21.5. The number of phenols is 2. The van der Waals surface area contributed by atoms with Crippen LogP contribution in [0.3, 0.4) is 0 Å². The molecule has 3 aromatic rings. The first-order valence-electron chi connectivity index (χ1n) is 6.26. The van der Waals surface area contributed by atoms with E-state index in [9.17, 15) is 10.2 Å². The number of rotatable bonds is 3. The number of phenolic OH excluding ortho intramolecular Hbond substituents is 2. The molecule has 0 saturated heterocycles. The zero-order valence-electron chi connectivity index (χ0n) is 10.7. The van der Waals surface area contributed by atoms with E-state index in [1.54, 1.807) is 12.1 Å². The van der Waals surface area contributed by atoms with Crippen molar-refractivity contribution in [2.75, 3.05) is 10.9 Å². The van der Waals surface area contributed by atoms with E-state index < -0.39 is 0 Å². The number of hydrogen-bond acceptors (Lipinski definition) is 4. The summed E-state index contributed by atoms with van der Waals surface area (Å²) in [6, 6.07) is 18.2. The zero-order valence-corrected chi connectivity index (χ0v) is 10.7. The van der Waals surface area contributed by atoms with Crippen LogP contribution in [0.25, 0.3) is 10.8 Å². The van der Waals surface area contributed by atoms with Gasteiger partial charge in [-0.3, -0.25) is 5.43 Å². The van der Waals surface area contributed by atoms with Crippen LogP contribution in [0.4, 0.5) is 11.4 Å². The fourth-order valence-electron chi connectivity index (χ4n) is 2.10. The predicted molar refractivity (Wildman–Crippen MR) is 81.0 cm³/mol. The highest BCUT2D eigenvalue weighted by Crippen LogP contribution is 2.38. The van der Waals surface area contributed by atoms with Gasteiger partial charge in [0.25, 0.3) is 0 Å². The summed E-state index contributed by atoms with van der Waals surface area (Å²) < 4.78 is 0. The molecule has 3 rings (SSSR count). The number of nitrogens with one attached hydrogen (secondary N) is 2. The molecule has 4 N–H and O–H groups in total. The van der Waals surface area contributed by atoms with Crippen LogP contribution in [0.1, 0.15) is 0 Å². The lowest BCUT2D eigenvalue weighted by atomic mass is 10.1. The minimum Gasteiger partial charge on any atom is -0.507 e. The van der Waals surface area contributed by atoms with Gasteiger partial charge in [-0.15, -0.1) is 0 Å². The molecule has 4 nitrogen and oxygen atoms in total. The average molecular weight is 266 g/mol. The quantitative estimate of drug-likeness (QED) is 0.331. The first kappa shape index (κ1) is 12.2. The van der Waals surface area contributed by atoms with E-state index in [-0.39, 0.29) is 11.5 Å². The lowest BCUT2D eigenvalue weighted by Gasteiger charge is -2.13. The van der Waals surface area contributed by atoms with E-state index in [2.05, 4.69) is 10.9 Å². The molecule has 20 heavy (non-hydrogen) atoms. The molecule has 0 aliphatic rings. The van der Waals surface area contributed by atoms with Crippen molar-refractivity contribution in [3.05, 3.63) is 60.7 Å². The third kappa shape index (κ3) is 2.19. The number of fused-ring (bicyclic) bond motifs is 1. The Morgan fingerprint density at radius 1 is 0.700 bits per heavy atom. The summed E-state index contributed by atoms with van der Waals surface area (Å²) in [5.41, 5.74) is 7.16. The van der Waals surface area contributed by atoms with Gasteiger partial charge in [0, 0.05) is 16.8 Å². The lowest BCUT2D eigenvalue weighted by Crippen LogP contribution is -2.08. The monoisotopic (exact) mass is 266 g/mol. The minimum absolute atomic E-state index is 0.0989. The van der Waals surface area contributed by atoms with Crippen LogP contribution in [-0.4, -0.2) is 10.2 Å². The molecule has 4 heteroatoms. The summed E-state index contributed by atoms with van der Waals surface area (Å²) in [7, 11) is 0. The van der Waals surface area contributed by atoms with Crippen molar-refractivity contribution in [1.29, 1.82) is 0 Å². The SMILES string of the molecule is Oc1cc(NNc2ccccc2)c(O)c2ccccc12. The molecule has 100 valence electrons. The fraction of sp³-hybridized carbons (Fsp3) is 0. The summed E-state index contributed by atoms with van der Waals surface area (Å²) in [6.07, 6.45) is 0. The third-order valence-electron chi connectivity index (χ3n) is 3.11. The molecule has 0 unspecified atom stereocenters. The second kappa shape index (κ2) is 5.01. The number of hydrogen-bond donors (Lipinski definition) is 4. The first-order valence-corrected chi connectivity index (χ1v) is 6.26. The number of anilines is 2. The molecule has 0 aromatic heterocycles. The van der Waals surface area contributed by atoms with Crippen LogP contribution in [0.2, 0.25) is 0 Å². The molecule has 0 heterocycles. The average Bonchev–Trinajstić information content (AvgIpc) is 2.50. The maximum absolute atomic E-state index is 10.2. The van der Waals surface area contributed by atoms with E-state index in [1.807, 2.05) is 42.5 Å². The Labute approximate surface area is 116 Å². The number of para-hydroxylation sites is 1. The summed E-state index contributed by atoms with van der Waals surface area (Å²) in [5.74, 6) is 0.220. The normalized spacial score (nSPS) is 10.4. The predicted octanol–water partition coefficient (Wildman–Crippen LogP) is 3.69. The standard InChI is InChI=1S/C16H14N2O2/c19-15-10-14(18-17-11-6-2-1-3-7-11)16(20)13-9-5-4-8-12(13)15/h1-10,17-20H.